The lowest BCUT2D eigenvalue weighted by molar-refractivity contribution is -0.139. The molecule has 2 heterocycles. The molecule has 0 aromatic carbocycles. The zero-order chi connectivity index (χ0) is 15.4. The Balaban J connectivity index is 2.01. The second kappa shape index (κ2) is 7.17. The number of thiophene rings is 1. The smallest absolute Gasteiger partial charge is 0.326 e. The molecule has 0 bridgehead atoms. The molecule has 0 fully saturated rings. The van der Waals surface area contributed by atoms with Crippen LogP contribution < -0.4 is 5.32 Å². The number of hydrogen-bond donors (Lipinski definition) is 2. The van der Waals surface area contributed by atoms with Crippen molar-refractivity contribution in [1.82, 2.24) is 10.2 Å². The number of nitrogens with zero attached hydrogens (tertiary/aromatic N) is 1. The maximum absolute atomic E-state index is 12.4. The number of aliphatic carboxylic acids is 1. The molecule has 0 saturated carbocycles. The van der Waals surface area contributed by atoms with Crippen LogP contribution in [0.4, 0.5) is 4.79 Å². The minimum Gasteiger partial charge on any atom is -0.480 e. The summed E-state index contributed by atoms with van der Waals surface area (Å²) in [6.07, 6.45) is 3.20. The van der Waals surface area contributed by atoms with E-state index < -0.39 is 12.0 Å². The highest BCUT2D eigenvalue weighted by Crippen LogP contribution is 2.32. The molecule has 1 aliphatic heterocycles. The highest BCUT2D eigenvalue weighted by atomic mass is 32.2. The van der Waals surface area contributed by atoms with E-state index in [1.165, 1.54) is 10.4 Å². The molecule has 2 amide bonds. The van der Waals surface area contributed by atoms with E-state index in [4.69, 9.17) is 0 Å². The second-order valence-electron chi connectivity index (χ2n) is 5.04. The topological polar surface area (TPSA) is 69.6 Å². The van der Waals surface area contributed by atoms with Crippen molar-refractivity contribution in [3.63, 3.8) is 0 Å². The van der Waals surface area contributed by atoms with Crippen molar-refractivity contribution in [3.05, 3.63) is 21.9 Å². The molecular formula is C14H20N2O3S2. The number of carboxylic acids is 1. The van der Waals surface area contributed by atoms with E-state index in [9.17, 15) is 14.7 Å². The fraction of sp³-hybridized carbons (Fsp3) is 0.571. The van der Waals surface area contributed by atoms with Crippen LogP contribution in [0.15, 0.2) is 11.4 Å². The fourth-order valence-corrected chi connectivity index (χ4v) is 3.95. The van der Waals surface area contributed by atoms with E-state index in [1.54, 1.807) is 28.0 Å². The third-order valence-electron chi connectivity index (χ3n) is 3.74. The van der Waals surface area contributed by atoms with Crippen LogP contribution in [0.2, 0.25) is 0 Å². The molecule has 2 atom stereocenters. The first-order chi connectivity index (χ1) is 10.0. The van der Waals surface area contributed by atoms with Gasteiger partial charge >= 0.3 is 12.0 Å². The van der Waals surface area contributed by atoms with Gasteiger partial charge in [-0.1, -0.05) is 0 Å². The first-order valence-corrected chi connectivity index (χ1v) is 9.17. The van der Waals surface area contributed by atoms with Crippen LogP contribution in [-0.4, -0.2) is 46.6 Å². The van der Waals surface area contributed by atoms with Crippen LogP contribution in [0.1, 0.15) is 29.8 Å². The Bertz CT molecular complexity index is 518. The first kappa shape index (κ1) is 16.2. The Morgan fingerprint density at radius 1 is 1.62 bits per heavy atom. The van der Waals surface area contributed by atoms with E-state index in [-0.39, 0.29) is 12.1 Å². The van der Waals surface area contributed by atoms with E-state index >= 15 is 0 Å². The van der Waals surface area contributed by atoms with Gasteiger partial charge in [0.1, 0.15) is 6.04 Å². The van der Waals surface area contributed by atoms with Gasteiger partial charge in [0.25, 0.3) is 0 Å². The number of urea groups is 1. The summed E-state index contributed by atoms with van der Waals surface area (Å²) in [4.78, 5) is 26.6. The highest BCUT2D eigenvalue weighted by molar-refractivity contribution is 7.98. The van der Waals surface area contributed by atoms with Gasteiger partial charge in [-0.15, -0.1) is 11.3 Å². The third kappa shape index (κ3) is 3.71. The third-order valence-corrected chi connectivity index (χ3v) is 5.39. The van der Waals surface area contributed by atoms with Crippen molar-refractivity contribution in [2.24, 2.45) is 0 Å². The van der Waals surface area contributed by atoms with Crippen LogP contribution in [-0.2, 0) is 11.2 Å². The lowest BCUT2D eigenvalue weighted by Gasteiger charge is -2.34. The van der Waals surface area contributed by atoms with E-state index in [1.807, 2.05) is 24.6 Å². The van der Waals surface area contributed by atoms with Crippen LogP contribution in [0.25, 0.3) is 0 Å². The fourth-order valence-electron chi connectivity index (χ4n) is 2.51. The summed E-state index contributed by atoms with van der Waals surface area (Å²) in [6.45, 7) is 2.62. The molecular weight excluding hydrogens is 308 g/mol. The van der Waals surface area contributed by atoms with E-state index in [2.05, 4.69) is 5.32 Å². The second-order valence-corrected chi connectivity index (χ2v) is 7.03. The quantitative estimate of drug-likeness (QED) is 0.871. The summed E-state index contributed by atoms with van der Waals surface area (Å²) >= 11 is 3.29. The summed E-state index contributed by atoms with van der Waals surface area (Å²) in [5.41, 5.74) is 1.18. The summed E-state index contributed by atoms with van der Waals surface area (Å²) < 4.78 is 0. The zero-order valence-electron chi connectivity index (χ0n) is 12.2. The molecule has 1 aromatic rings. The summed E-state index contributed by atoms with van der Waals surface area (Å²) in [6, 6.07) is 0.941. The maximum Gasteiger partial charge on any atom is 0.326 e. The number of rotatable bonds is 5. The molecule has 5 nitrogen and oxygen atoms in total. The summed E-state index contributed by atoms with van der Waals surface area (Å²) in [7, 11) is 0. The lowest BCUT2D eigenvalue weighted by atomic mass is 10.0. The van der Waals surface area contributed by atoms with Gasteiger partial charge in [0.15, 0.2) is 0 Å². The summed E-state index contributed by atoms with van der Waals surface area (Å²) in [5, 5.41) is 13.9. The van der Waals surface area contributed by atoms with Crippen molar-refractivity contribution < 1.29 is 14.7 Å². The van der Waals surface area contributed by atoms with E-state index in [0.717, 1.165) is 6.42 Å². The Kier molecular flexibility index (Phi) is 5.52. The first-order valence-electron chi connectivity index (χ1n) is 6.89. The zero-order valence-corrected chi connectivity index (χ0v) is 13.8. The predicted octanol–water partition coefficient (Wildman–Crippen LogP) is 2.58. The molecule has 1 aromatic heterocycles. The Labute approximate surface area is 132 Å². The largest absolute Gasteiger partial charge is 0.480 e. The van der Waals surface area contributed by atoms with Crippen LogP contribution >= 0.6 is 23.1 Å². The van der Waals surface area contributed by atoms with Crippen LogP contribution in [0.5, 0.6) is 0 Å². The maximum atomic E-state index is 12.4. The minimum absolute atomic E-state index is 0.00463. The Morgan fingerprint density at radius 2 is 2.38 bits per heavy atom. The molecule has 1 unspecified atom stereocenters. The number of fused-ring (bicyclic) bond motifs is 1. The van der Waals surface area contributed by atoms with Crippen molar-refractivity contribution in [1.29, 1.82) is 0 Å². The molecule has 21 heavy (non-hydrogen) atoms. The predicted molar refractivity (Wildman–Crippen MR) is 86.1 cm³/mol. The SMILES string of the molecule is CSCC[C@@H](NC(=O)N1CCc2sccc2C1C)C(=O)O. The lowest BCUT2D eigenvalue weighted by Crippen LogP contribution is -2.50. The molecule has 116 valence electrons. The van der Waals surface area contributed by atoms with Crippen molar-refractivity contribution in [2.45, 2.75) is 31.8 Å². The standard InChI is InChI=1S/C14H20N2O3S2/c1-9-10-4-8-21-12(10)3-6-16(9)14(19)15-11(13(17)18)5-7-20-2/h4,8-9,11H,3,5-7H2,1-2H3,(H,15,19)(H,17,18)/t9?,11-/m1/s1. The van der Waals surface area contributed by atoms with Crippen LogP contribution in [0.3, 0.4) is 0 Å². The Morgan fingerprint density at radius 3 is 3.05 bits per heavy atom. The number of hydrogen-bond acceptors (Lipinski definition) is 4. The number of amides is 2. The van der Waals surface area contributed by atoms with Gasteiger partial charge in [-0.25, -0.2) is 9.59 Å². The molecule has 2 rings (SSSR count). The molecule has 0 spiro atoms. The molecule has 7 heteroatoms. The molecule has 0 aliphatic carbocycles. The van der Waals surface area contributed by atoms with Crippen molar-refractivity contribution >= 4 is 35.1 Å². The van der Waals surface area contributed by atoms with Gasteiger partial charge in [0.2, 0.25) is 0 Å². The number of carbonyl (C=O) groups excluding carboxylic acids is 1. The molecule has 0 radical (unpaired) electrons. The van der Waals surface area contributed by atoms with Gasteiger partial charge in [0.05, 0.1) is 6.04 Å². The molecule has 2 N–H and O–H groups in total. The van der Waals surface area contributed by atoms with Gasteiger partial charge in [-0.2, -0.15) is 11.8 Å². The normalized spacial score (nSPS) is 19.0. The number of nitrogens with one attached hydrogen (secondary N) is 1. The average Bonchev–Trinajstić information content (AvgIpc) is 2.92. The van der Waals surface area contributed by atoms with Crippen molar-refractivity contribution in [2.75, 3.05) is 18.6 Å². The monoisotopic (exact) mass is 328 g/mol. The van der Waals surface area contributed by atoms with Crippen molar-refractivity contribution in [3.8, 4) is 0 Å². The summed E-state index contributed by atoms with van der Waals surface area (Å²) in [5.74, 6) is -0.264. The minimum atomic E-state index is -0.974. The average molecular weight is 328 g/mol. The number of thioether (sulfide) groups is 1. The molecule has 0 saturated heterocycles. The molecule has 1 aliphatic rings. The van der Waals surface area contributed by atoms with Crippen LogP contribution in [0, 0.1) is 0 Å². The van der Waals surface area contributed by atoms with Gasteiger partial charge in [-0.3, -0.25) is 0 Å². The van der Waals surface area contributed by atoms with Gasteiger partial charge < -0.3 is 15.3 Å². The van der Waals surface area contributed by atoms with E-state index in [0.29, 0.717) is 18.7 Å². The number of carboxylic acid groups (broad SMARTS) is 1. The number of carbonyl (C=O) groups is 2. The highest BCUT2D eigenvalue weighted by Gasteiger charge is 2.30. The van der Waals surface area contributed by atoms with Gasteiger partial charge in [0, 0.05) is 11.4 Å². The van der Waals surface area contributed by atoms with Gasteiger partial charge in [-0.05, 0) is 48.8 Å². The Hall–Kier alpha value is -1.21.